The number of esters is 1. The summed E-state index contributed by atoms with van der Waals surface area (Å²) in [6.07, 6.45) is 1.50. The molecule has 0 saturated heterocycles. The Labute approximate surface area is 158 Å². The van der Waals surface area contributed by atoms with Crippen LogP contribution in [-0.4, -0.2) is 35.2 Å². The van der Waals surface area contributed by atoms with Gasteiger partial charge in [0.25, 0.3) is 12.3 Å². The number of benzene rings is 1. The average molecular weight is 386 g/mol. The lowest BCUT2D eigenvalue weighted by molar-refractivity contribution is 0.0602. The number of methoxy groups -OCH3 is 1. The van der Waals surface area contributed by atoms with Gasteiger partial charge in [-0.05, 0) is 36.6 Å². The van der Waals surface area contributed by atoms with Crippen molar-refractivity contribution in [2.75, 3.05) is 17.7 Å². The molecule has 0 unspecified atom stereocenters. The van der Waals surface area contributed by atoms with E-state index < -0.39 is 18.3 Å². The summed E-state index contributed by atoms with van der Waals surface area (Å²) >= 11 is 0. The Morgan fingerprint density at radius 2 is 2.00 bits per heavy atom. The van der Waals surface area contributed by atoms with Crippen LogP contribution in [-0.2, 0) is 4.74 Å². The highest BCUT2D eigenvalue weighted by Gasteiger charge is 2.30. The van der Waals surface area contributed by atoms with E-state index in [9.17, 15) is 18.4 Å². The van der Waals surface area contributed by atoms with Gasteiger partial charge < -0.3 is 15.4 Å². The van der Waals surface area contributed by atoms with Gasteiger partial charge in [0, 0.05) is 5.70 Å². The van der Waals surface area contributed by atoms with Crippen LogP contribution in [0.15, 0.2) is 47.8 Å². The highest BCUT2D eigenvalue weighted by molar-refractivity contribution is 6.10. The number of alkyl halides is 2. The molecule has 2 aliphatic rings. The van der Waals surface area contributed by atoms with E-state index in [4.69, 9.17) is 4.74 Å². The van der Waals surface area contributed by atoms with E-state index in [1.165, 1.54) is 25.4 Å². The van der Waals surface area contributed by atoms with Crippen LogP contribution in [0.5, 0.6) is 0 Å². The van der Waals surface area contributed by atoms with Crippen LogP contribution in [0, 0.1) is 0 Å². The van der Waals surface area contributed by atoms with Gasteiger partial charge in [-0.1, -0.05) is 12.1 Å². The van der Waals surface area contributed by atoms with Crippen LogP contribution < -0.4 is 10.6 Å². The van der Waals surface area contributed by atoms with Crippen molar-refractivity contribution in [2.24, 2.45) is 0 Å². The van der Waals surface area contributed by atoms with Crippen molar-refractivity contribution >= 4 is 29.1 Å². The molecular weight excluding hydrogens is 370 g/mol. The van der Waals surface area contributed by atoms with Crippen LogP contribution in [0.3, 0.4) is 0 Å². The third-order valence-electron chi connectivity index (χ3n) is 4.49. The lowest BCUT2D eigenvalue weighted by Crippen LogP contribution is -2.21. The number of rotatable bonds is 4. The fourth-order valence-electron chi connectivity index (χ4n) is 2.95. The Bertz CT molecular complexity index is 1030. The number of nitrogens with one attached hydrogen (secondary N) is 2. The monoisotopic (exact) mass is 386 g/mol. The Kier molecular flexibility index (Phi) is 4.42. The second kappa shape index (κ2) is 6.91. The highest BCUT2D eigenvalue weighted by atomic mass is 19.3. The molecule has 4 rings (SSSR count). The van der Waals surface area contributed by atoms with Crippen LogP contribution in [0.4, 0.5) is 20.3 Å². The van der Waals surface area contributed by atoms with Gasteiger partial charge >= 0.3 is 5.97 Å². The quantitative estimate of drug-likeness (QED) is 0.786. The molecule has 0 radical (unpaired) electrons. The van der Waals surface area contributed by atoms with Gasteiger partial charge in [-0.3, -0.25) is 4.79 Å². The van der Waals surface area contributed by atoms with Gasteiger partial charge in [0.1, 0.15) is 17.1 Å². The first-order valence-corrected chi connectivity index (χ1v) is 8.55. The van der Waals surface area contributed by atoms with Gasteiger partial charge in [0.05, 0.1) is 24.6 Å². The maximum Gasteiger partial charge on any atom is 0.339 e. The number of anilines is 2. The third kappa shape index (κ3) is 3.15. The highest BCUT2D eigenvalue weighted by Crippen LogP contribution is 2.38. The van der Waals surface area contributed by atoms with Gasteiger partial charge in [-0.15, -0.1) is 0 Å². The number of hydrogen-bond donors (Lipinski definition) is 2. The van der Waals surface area contributed by atoms with Crippen LogP contribution >= 0.6 is 0 Å². The molecule has 9 heteroatoms. The molecule has 1 fully saturated rings. The predicted octanol–water partition coefficient (Wildman–Crippen LogP) is 3.50. The summed E-state index contributed by atoms with van der Waals surface area (Å²) < 4.78 is 32.7. The Hall–Kier alpha value is -3.49. The van der Waals surface area contributed by atoms with E-state index in [1.54, 1.807) is 18.2 Å². The second-order valence-corrected chi connectivity index (χ2v) is 6.32. The second-order valence-electron chi connectivity index (χ2n) is 6.32. The lowest BCUT2D eigenvalue weighted by Gasteiger charge is -2.20. The molecule has 1 aliphatic heterocycles. The zero-order valence-corrected chi connectivity index (χ0v) is 14.8. The standard InChI is InChI=1S/C19H16F2N4O3/c1-28-19(27)11-4-2-3-5-13(11)24-18(26)12-9-22-25-15(16(20)21)8-14(10-6-7-10)23-17(12)25/h2-5,8-9,16,23H,6-7H2,1H3,(H,24,26). The number of ether oxygens (including phenoxy) is 1. The van der Waals surface area contributed by atoms with Crippen molar-refractivity contribution in [3.05, 3.63) is 58.9 Å². The first-order chi connectivity index (χ1) is 13.5. The summed E-state index contributed by atoms with van der Waals surface area (Å²) in [6, 6.07) is 6.36. The van der Waals surface area contributed by atoms with Crippen LogP contribution in [0.1, 0.15) is 33.6 Å². The van der Waals surface area contributed by atoms with E-state index in [-0.39, 0.29) is 28.3 Å². The number of carbonyl (C=O) groups excluding carboxylic acids is 2. The van der Waals surface area contributed by atoms with Crippen molar-refractivity contribution < 1.29 is 23.1 Å². The molecule has 1 aromatic carbocycles. The number of nitrogens with zero attached hydrogens (tertiary/aromatic N) is 2. The van der Waals surface area contributed by atoms with E-state index in [0.29, 0.717) is 5.70 Å². The fourth-order valence-corrected chi connectivity index (χ4v) is 2.95. The number of fused-ring (bicyclic) bond motifs is 1. The molecule has 2 heterocycles. The van der Waals surface area contributed by atoms with E-state index >= 15 is 0 Å². The Morgan fingerprint density at radius 1 is 1.25 bits per heavy atom. The molecule has 0 spiro atoms. The lowest BCUT2D eigenvalue weighted by atomic mass is 10.1. The maximum absolute atomic E-state index is 13.5. The van der Waals surface area contributed by atoms with Crippen LogP contribution in [0.25, 0.3) is 5.70 Å². The van der Waals surface area contributed by atoms with Crippen LogP contribution in [0.2, 0.25) is 0 Å². The van der Waals surface area contributed by atoms with Gasteiger partial charge in [-0.25, -0.2) is 18.3 Å². The minimum atomic E-state index is -2.74. The van der Waals surface area contributed by atoms with Gasteiger partial charge in [0.2, 0.25) is 0 Å². The van der Waals surface area contributed by atoms with E-state index in [2.05, 4.69) is 15.7 Å². The molecule has 1 saturated carbocycles. The molecule has 28 heavy (non-hydrogen) atoms. The summed E-state index contributed by atoms with van der Waals surface area (Å²) in [4.78, 5) is 24.7. The van der Waals surface area contributed by atoms with Crippen molar-refractivity contribution in [1.82, 2.24) is 9.78 Å². The first-order valence-electron chi connectivity index (χ1n) is 8.55. The van der Waals surface area contributed by atoms with Crippen molar-refractivity contribution in [2.45, 2.75) is 19.3 Å². The number of halogens is 2. The minimum Gasteiger partial charge on any atom is -0.465 e. The molecule has 7 nitrogen and oxygen atoms in total. The molecule has 144 valence electrons. The van der Waals surface area contributed by atoms with E-state index in [1.807, 2.05) is 0 Å². The molecule has 0 atom stereocenters. The number of para-hydroxylation sites is 1. The number of amides is 1. The van der Waals surface area contributed by atoms with Gasteiger partial charge in [-0.2, -0.15) is 5.10 Å². The number of allylic oxidation sites excluding steroid dienone is 3. The van der Waals surface area contributed by atoms with Crippen molar-refractivity contribution in [3.8, 4) is 0 Å². The maximum atomic E-state index is 13.5. The molecule has 1 amide bonds. The summed E-state index contributed by atoms with van der Waals surface area (Å²) in [5.74, 6) is -1.02. The minimum absolute atomic E-state index is 0.0877. The van der Waals surface area contributed by atoms with Crippen molar-refractivity contribution in [1.29, 1.82) is 0 Å². The SMILES string of the molecule is COC(=O)c1ccccc1NC(=O)c1cnn2c1NC(=C1CC1)C=C2C(F)F. The third-order valence-corrected chi connectivity index (χ3v) is 4.49. The zero-order valence-electron chi connectivity index (χ0n) is 14.8. The molecule has 0 bridgehead atoms. The largest absolute Gasteiger partial charge is 0.465 e. The number of aromatic nitrogens is 2. The molecule has 2 N–H and O–H groups in total. The molecular formula is C19H16F2N4O3. The normalized spacial score (nSPS) is 14.9. The smallest absolute Gasteiger partial charge is 0.339 e. The fraction of sp³-hybridized carbons (Fsp3) is 0.211. The molecule has 2 aromatic rings. The number of hydrogen-bond acceptors (Lipinski definition) is 5. The molecule has 1 aromatic heterocycles. The number of carbonyl (C=O) groups is 2. The Balaban J connectivity index is 1.68. The van der Waals surface area contributed by atoms with Gasteiger partial charge in [0.15, 0.2) is 0 Å². The average Bonchev–Trinajstić information content (AvgIpc) is 3.46. The zero-order chi connectivity index (χ0) is 19.8. The topological polar surface area (TPSA) is 85.2 Å². The van der Waals surface area contributed by atoms with E-state index in [0.717, 1.165) is 23.1 Å². The summed E-state index contributed by atoms with van der Waals surface area (Å²) in [5.41, 5.74) is 1.82. The van der Waals surface area contributed by atoms with Crippen molar-refractivity contribution in [3.63, 3.8) is 0 Å². The summed E-state index contributed by atoms with van der Waals surface area (Å²) in [6.45, 7) is 0. The Morgan fingerprint density at radius 3 is 2.68 bits per heavy atom. The predicted molar refractivity (Wildman–Crippen MR) is 98.1 cm³/mol. The first kappa shape index (κ1) is 17.9. The summed E-state index contributed by atoms with van der Waals surface area (Å²) in [7, 11) is 1.24. The molecule has 1 aliphatic carbocycles. The summed E-state index contributed by atoms with van der Waals surface area (Å²) in [5, 5.41) is 9.59.